The molecule has 2 rings (SSSR count). The molecule has 0 spiro atoms. The molecule has 0 radical (unpaired) electrons. The highest BCUT2D eigenvalue weighted by molar-refractivity contribution is 5.96. The number of hydrogen-bond acceptors (Lipinski definition) is 3. The second-order valence-electron chi connectivity index (χ2n) is 5.13. The van der Waals surface area contributed by atoms with Crippen molar-refractivity contribution in [3.63, 3.8) is 0 Å². The summed E-state index contributed by atoms with van der Waals surface area (Å²) in [6, 6.07) is 9.91. The molecule has 1 heterocycles. The lowest BCUT2D eigenvalue weighted by atomic mass is 10.1. The summed E-state index contributed by atoms with van der Waals surface area (Å²) in [6.45, 7) is 8.35. The minimum absolute atomic E-state index is 0.267. The number of benzene rings is 1. The van der Waals surface area contributed by atoms with Crippen molar-refractivity contribution in [2.75, 3.05) is 11.4 Å². The first kappa shape index (κ1) is 15.0. The number of carbonyl (C=O) groups is 1. The highest BCUT2D eigenvalue weighted by atomic mass is 16.4. The lowest BCUT2D eigenvalue weighted by Crippen LogP contribution is -2.20. The predicted molar refractivity (Wildman–Crippen MR) is 84.5 cm³/mol. The van der Waals surface area contributed by atoms with Crippen LogP contribution in [0.4, 0.5) is 11.4 Å². The molecule has 0 amide bonds. The molecule has 2 aromatic rings. The molecule has 0 unspecified atom stereocenters. The molecule has 0 saturated heterocycles. The second-order valence-corrected chi connectivity index (χ2v) is 5.13. The van der Waals surface area contributed by atoms with E-state index in [-0.39, 0.29) is 5.56 Å². The molecular formula is C17H20N2O2. The zero-order chi connectivity index (χ0) is 15.6. The summed E-state index contributed by atoms with van der Waals surface area (Å²) in [5, 5.41) is 9.51. The molecule has 1 aromatic carbocycles. The number of rotatable bonds is 4. The average Bonchev–Trinajstić information content (AvgIpc) is 2.40. The Labute approximate surface area is 125 Å². The average molecular weight is 284 g/mol. The fraction of sp³-hybridized carbons (Fsp3) is 0.294. The molecule has 1 aromatic heterocycles. The molecule has 0 aliphatic rings. The number of hydrogen-bond donors (Lipinski definition) is 1. The third kappa shape index (κ3) is 3.05. The predicted octanol–water partition coefficient (Wildman–Crippen LogP) is 3.86. The Bertz CT molecular complexity index is 663. The molecule has 4 heteroatoms. The maximum Gasteiger partial charge on any atom is 0.339 e. The van der Waals surface area contributed by atoms with Gasteiger partial charge < -0.3 is 10.0 Å². The Morgan fingerprint density at radius 3 is 2.33 bits per heavy atom. The lowest BCUT2D eigenvalue weighted by molar-refractivity contribution is 0.0696. The molecule has 1 N–H and O–H groups in total. The van der Waals surface area contributed by atoms with E-state index >= 15 is 0 Å². The van der Waals surface area contributed by atoms with Crippen molar-refractivity contribution >= 4 is 17.3 Å². The van der Waals surface area contributed by atoms with Crippen LogP contribution in [0.25, 0.3) is 0 Å². The van der Waals surface area contributed by atoms with Crippen LogP contribution in [0.5, 0.6) is 0 Å². The van der Waals surface area contributed by atoms with E-state index in [0.717, 1.165) is 11.4 Å². The molecule has 0 bridgehead atoms. The van der Waals surface area contributed by atoms with Crippen molar-refractivity contribution in [3.8, 4) is 0 Å². The van der Waals surface area contributed by atoms with Crippen LogP contribution in [-0.2, 0) is 0 Å². The number of nitrogens with zero attached hydrogens (tertiary/aromatic N) is 2. The van der Waals surface area contributed by atoms with E-state index in [4.69, 9.17) is 0 Å². The third-order valence-electron chi connectivity index (χ3n) is 3.47. The van der Waals surface area contributed by atoms with Gasteiger partial charge in [-0.15, -0.1) is 0 Å². The van der Waals surface area contributed by atoms with Gasteiger partial charge in [0, 0.05) is 17.9 Å². The van der Waals surface area contributed by atoms with Crippen molar-refractivity contribution in [1.82, 2.24) is 4.98 Å². The van der Waals surface area contributed by atoms with E-state index in [9.17, 15) is 9.90 Å². The number of anilines is 2. The van der Waals surface area contributed by atoms with Crippen molar-refractivity contribution < 1.29 is 9.90 Å². The SMILES string of the molecule is CCN(c1ccc(C)cc1)c1cc(C)nc(C)c1C(=O)O. The van der Waals surface area contributed by atoms with E-state index < -0.39 is 5.97 Å². The summed E-state index contributed by atoms with van der Waals surface area (Å²) >= 11 is 0. The van der Waals surface area contributed by atoms with Gasteiger partial charge in [0.1, 0.15) is 5.56 Å². The van der Waals surface area contributed by atoms with Crippen LogP contribution in [0, 0.1) is 20.8 Å². The molecule has 0 aliphatic heterocycles. The topological polar surface area (TPSA) is 53.4 Å². The smallest absolute Gasteiger partial charge is 0.339 e. The zero-order valence-electron chi connectivity index (χ0n) is 12.8. The van der Waals surface area contributed by atoms with Crippen molar-refractivity contribution in [2.24, 2.45) is 0 Å². The van der Waals surface area contributed by atoms with Gasteiger partial charge in [-0.25, -0.2) is 4.79 Å². The van der Waals surface area contributed by atoms with Gasteiger partial charge in [-0.2, -0.15) is 0 Å². The minimum atomic E-state index is -0.944. The van der Waals surface area contributed by atoms with Gasteiger partial charge in [0.2, 0.25) is 0 Å². The first-order valence-corrected chi connectivity index (χ1v) is 6.99. The Kier molecular flexibility index (Phi) is 4.26. The minimum Gasteiger partial charge on any atom is -0.478 e. The lowest BCUT2D eigenvalue weighted by Gasteiger charge is -2.26. The van der Waals surface area contributed by atoms with Crippen LogP contribution in [0.2, 0.25) is 0 Å². The monoisotopic (exact) mass is 284 g/mol. The van der Waals surface area contributed by atoms with E-state index in [0.29, 0.717) is 17.9 Å². The molecular weight excluding hydrogens is 264 g/mol. The molecule has 4 nitrogen and oxygen atoms in total. The van der Waals surface area contributed by atoms with E-state index in [1.165, 1.54) is 5.56 Å². The van der Waals surface area contributed by atoms with Crippen molar-refractivity contribution in [1.29, 1.82) is 0 Å². The van der Waals surface area contributed by atoms with E-state index in [1.54, 1.807) is 6.92 Å². The first-order valence-electron chi connectivity index (χ1n) is 6.99. The summed E-state index contributed by atoms with van der Waals surface area (Å²) in [7, 11) is 0. The fourth-order valence-corrected chi connectivity index (χ4v) is 2.50. The van der Waals surface area contributed by atoms with Gasteiger partial charge in [0.25, 0.3) is 0 Å². The standard InChI is InChI=1S/C17H20N2O2/c1-5-19(14-8-6-11(2)7-9-14)15-10-12(3)18-13(4)16(15)17(20)21/h6-10H,5H2,1-4H3,(H,20,21). The third-order valence-corrected chi connectivity index (χ3v) is 3.47. The summed E-state index contributed by atoms with van der Waals surface area (Å²) in [5.41, 5.74) is 4.48. The van der Waals surface area contributed by atoms with Gasteiger partial charge >= 0.3 is 5.97 Å². The van der Waals surface area contributed by atoms with Crippen LogP contribution in [-0.4, -0.2) is 22.6 Å². The molecule has 0 saturated carbocycles. The normalized spacial score (nSPS) is 10.5. The number of carboxylic acid groups (broad SMARTS) is 1. The van der Waals surface area contributed by atoms with E-state index in [1.807, 2.05) is 56.0 Å². The Balaban J connectivity index is 2.61. The maximum atomic E-state index is 11.6. The van der Waals surface area contributed by atoms with Crippen molar-refractivity contribution in [3.05, 3.63) is 52.8 Å². The summed E-state index contributed by atoms with van der Waals surface area (Å²) in [4.78, 5) is 17.9. The second kappa shape index (κ2) is 5.95. The Morgan fingerprint density at radius 2 is 1.81 bits per heavy atom. The van der Waals surface area contributed by atoms with Gasteiger partial charge in [-0.1, -0.05) is 17.7 Å². The largest absolute Gasteiger partial charge is 0.478 e. The van der Waals surface area contributed by atoms with Crippen LogP contribution in [0.3, 0.4) is 0 Å². The number of carboxylic acids is 1. The summed E-state index contributed by atoms with van der Waals surface area (Å²) in [6.07, 6.45) is 0. The molecule has 0 aliphatic carbocycles. The summed E-state index contributed by atoms with van der Waals surface area (Å²) in [5.74, 6) is -0.944. The van der Waals surface area contributed by atoms with E-state index in [2.05, 4.69) is 4.98 Å². The van der Waals surface area contributed by atoms with Gasteiger partial charge in [0.15, 0.2) is 0 Å². The molecule has 0 fully saturated rings. The Morgan fingerprint density at radius 1 is 1.19 bits per heavy atom. The fourth-order valence-electron chi connectivity index (χ4n) is 2.50. The van der Waals surface area contributed by atoms with Crippen LogP contribution >= 0.6 is 0 Å². The number of aromatic nitrogens is 1. The zero-order valence-corrected chi connectivity index (χ0v) is 12.8. The molecule has 110 valence electrons. The maximum absolute atomic E-state index is 11.6. The molecule has 21 heavy (non-hydrogen) atoms. The first-order chi connectivity index (χ1) is 9.93. The quantitative estimate of drug-likeness (QED) is 0.926. The van der Waals surface area contributed by atoms with Gasteiger partial charge in [-0.3, -0.25) is 4.98 Å². The van der Waals surface area contributed by atoms with Gasteiger partial charge in [-0.05, 0) is 45.9 Å². The Hall–Kier alpha value is -2.36. The van der Waals surface area contributed by atoms with Gasteiger partial charge in [0.05, 0.1) is 11.4 Å². The van der Waals surface area contributed by atoms with Crippen LogP contribution in [0.1, 0.15) is 34.2 Å². The van der Waals surface area contributed by atoms with Crippen LogP contribution < -0.4 is 4.90 Å². The van der Waals surface area contributed by atoms with Crippen LogP contribution in [0.15, 0.2) is 30.3 Å². The molecule has 0 atom stereocenters. The highest BCUT2D eigenvalue weighted by Gasteiger charge is 2.20. The highest BCUT2D eigenvalue weighted by Crippen LogP contribution is 2.30. The van der Waals surface area contributed by atoms with Crippen molar-refractivity contribution in [2.45, 2.75) is 27.7 Å². The number of pyridine rings is 1. The number of aryl methyl sites for hydroxylation is 3. The number of aromatic carboxylic acids is 1. The summed E-state index contributed by atoms with van der Waals surface area (Å²) < 4.78 is 0.